The minimum atomic E-state index is 0.691. The Morgan fingerprint density at radius 2 is 1.59 bits per heavy atom. The second kappa shape index (κ2) is 9.79. The van der Waals surface area contributed by atoms with Gasteiger partial charge >= 0.3 is 0 Å². The molecule has 0 spiro atoms. The van der Waals surface area contributed by atoms with Crippen LogP contribution in [0.4, 0.5) is 0 Å². The van der Waals surface area contributed by atoms with E-state index in [0.717, 1.165) is 24.7 Å². The van der Waals surface area contributed by atoms with Gasteiger partial charge in [0.15, 0.2) is 0 Å². The van der Waals surface area contributed by atoms with Gasteiger partial charge in [0.2, 0.25) is 0 Å². The lowest BCUT2D eigenvalue weighted by Gasteiger charge is -2.29. The zero-order valence-corrected chi connectivity index (χ0v) is 18.3. The van der Waals surface area contributed by atoms with Gasteiger partial charge in [0.25, 0.3) is 0 Å². The zero-order valence-electron chi connectivity index (χ0n) is 18.3. The van der Waals surface area contributed by atoms with E-state index in [-0.39, 0.29) is 0 Å². The molecule has 2 aliphatic rings. The van der Waals surface area contributed by atoms with Crippen LogP contribution in [0.5, 0.6) is 0 Å². The van der Waals surface area contributed by atoms with Crippen molar-refractivity contribution < 1.29 is 0 Å². The quantitative estimate of drug-likeness (QED) is 0.421. The Hall–Kier alpha value is -1.82. The van der Waals surface area contributed by atoms with Crippen molar-refractivity contribution in [2.24, 2.45) is 5.92 Å². The maximum atomic E-state index is 3.85. The molecule has 1 saturated carbocycles. The van der Waals surface area contributed by atoms with Crippen molar-refractivity contribution in [2.75, 3.05) is 0 Å². The van der Waals surface area contributed by atoms with E-state index in [9.17, 15) is 0 Å². The Balaban J connectivity index is 1.37. The first-order valence-corrected chi connectivity index (χ1v) is 12.1. The van der Waals surface area contributed by atoms with E-state index in [2.05, 4.69) is 56.0 Å². The fourth-order valence-corrected chi connectivity index (χ4v) is 5.75. The van der Waals surface area contributed by atoms with Crippen molar-refractivity contribution >= 4 is 0 Å². The van der Waals surface area contributed by atoms with E-state index in [1.807, 2.05) is 6.08 Å². The molecule has 0 nitrogen and oxygen atoms in total. The van der Waals surface area contributed by atoms with E-state index in [4.69, 9.17) is 0 Å². The highest BCUT2D eigenvalue weighted by molar-refractivity contribution is 5.38. The molecule has 0 radical (unpaired) electrons. The van der Waals surface area contributed by atoms with Crippen molar-refractivity contribution in [3.05, 3.63) is 82.9 Å². The lowest BCUT2D eigenvalue weighted by Crippen LogP contribution is -2.14. The third-order valence-corrected chi connectivity index (χ3v) is 7.56. The van der Waals surface area contributed by atoms with Gasteiger partial charge < -0.3 is 0 Å². The molecule has 0 aliphatic heterocycles. The molecule has 4 rings (SSSR count). The number of allylic oxidation sites excluding steroid dienone is 1. The van der Waals surface area contributed by atoms with Gasteiger partial charge in [-0.1, -0.05) is 68.3 Å². The van der Waals surface area contributed by atoms with Crippen LogP contribution in [0.3, 0.4) is 0 Å². The minimum absolute atomic E-state index is 0.691. The standard InChI is InChI=1S/C29H38/c1-3-5-7-23-10-13-29-21-28(19-18-27(29)20-23)26-16-14-25(15-17-26)24-11-8-22(6-4-2)9-12-24/h3,10,13-17,20,22,24,28H,1,4-9,11-12,18-19,21H2,2H3. The van der Waals surface area contributed by atoms with Gasteiger partial charge in [-0.05, 0) is 103 Å². The number of hydrogen-bond acceptors (Lipinski definition) is 0. The summed E-state index contributed by atoms with van der Waals surface area (Å²) in [6, 6.07) is 17.0. The molecule has 1 fully saturated rings. The van der Waals surface area contributed by atoms with Crippen LogP contribution in [-0.4, -0.2) is 0 Å². The molecule has 2 aromatic rings. The van der Waals surface area contributed by atoms with Gasteiger partial charge in [0, 0.05) is 0 Å². The second-order valence-electron chi connectivity index (χ2n) is 9.54. The molecule has 1 unspecified atom stereocenters. The molecule has 0 N–H and O–H groups in total. The predicted octanol–water partition coefficient (Wildman–Crippen LogP) is 8.15. The molecule has 2 aromatic carbocycles. The molecule has 0 heterocycles. The molecular formula is C29H38. The summed E-state index contributed by atoms with van der Waals surface area (Å²) in [5.41, 5.74) is 7.77. The smallest absolute Gasteiger partial charge is 0.0118 e. The summed E-state index contributed by atoms with van der Waals surface area (Å²) in [5, 5.41) is 0. The van der Waals surface area contributed by atoms with Crippen molar-refractivity contribution in [1.82, 2.24) is 0 Å². The summed E-state index contributed by atoms with van der Waals surface area (Å²) in [6.45, 7) is 6.18. The molecule has 0 bridgehead atoms. The minimum Gasteiger partial charge on any atom is -0.103 e. The number of hydrogen-bond donors (Lipinski definition) is 0. The Labute approximate surface area is 178 Å². The van der Waals surface area contributed by atoms with Crippen molar-refractivity contribution in [3.8, 4) is 0 Å². The van der Waals surface area contributed by atoms with Crippen LogP contribution in [0.1, 0.15) is 97.9 Å². The van der Waals surface area contributed by atoms with E-state index in [0.29, 0.717) is 5.92 Å². The van der Waals surface area contributed by atoms with Crippen LogP contribution >= 0.6 is 0 Å². The summed E-state index contributed by atoms with van der Waals surface area (Å²) in [4.78, 5) is 0. The summed E-state index contributed by atoms with van der Waals surface area (Å²) < 4.78 is 0. The number of benzene rings is 2. The molecule has 0 heteroatoms. The lowest BCUT2D eigenvalue weighted by molar-refractivity contribution is 0.308. The highest BCUT2D eigenvalue weighted by Gasteiger charge is 2.23. The van der Waals surface area contributed by atoms with Crippen LogP contribution in [0.15, 0.2) is 55.1 Å². The summed E-state index contributed by atoms with van der Waals surface area (Å²) >= 11 is 0. The first kappa shape index (κ1) is 20.5. The van der Waals surface area contributed by atoms with Gasteiger partial charge in [-0.2, -0.15) is 0 Å². The maximum absolute atomic E-state index is 3.85. The molecule has 0 aromatic heterocycles. The number of aryl methyl sites for hydroxylation is 2. The van der Waals surface area contributed by atoms with E-state index in [1.54, 1.807) is 22.3 Å². The molecule has 1 atom stereocenters. The predicted molar refractivity (Wildman–Crippen MR) is 126 cm³/mol. The molecule has 2 aliphatic carbocycles. The second-order valence-corrected chi connectivity index (χ2v) is 9.54. The highest BCUT2D eigenvalue weighted by Crippen LogP contribution is 2.39. The lowest BCUT2D eigenvalue weighted by atomic mass is 9.76. The van der Waals surface area contributed by atoms with Crippen molar-refractivity contribution in [2.45, 2.75) is 89.4 Å². The fourth-order valence-electron chi connectivity index (χ4n) is 5.75. The normalized spacial score (nSPS) is 24.1. The number of rotatable bonds is 7. The van der Waals surface area contributed by atoms with Gasteiger partial charge in [0.05, 0.1) is 0 Å². The number of fused-ring (bicyclic) bond motifs is 1. The third kappa shape index (κ3) is 5.03. The SMILES string of the molecule is C=CCCc1ccc2c(c1)CCC(c1ccc(C3CCC(CCC)CC3)cc1)C2. The van der Waals surface area contributed by atoms with Gasteiger partial charge in [-0.15, -0.1) is 6.58 Å². The fraction of sp³-hybridized carbons (Fsp3) is 0.517. The van der Waals surface area contributed by atoms with E-state index in [1.165, 1.54) is 63.4 Å². The Morgan fingerprint density at radius 1 is 0.862 bits per heavy atom. The third-order valence-electron chi connectivity index (χ3n) is 7.56. The molecule has 29 heavy (non-hydrogen) atoms. The average molecular weight is 387 g/mol. The van der Waals surface area contributed by atoms with Crippen LogP contribution in [0.2, 0.25) is 0 Å². The molecular weight excluding hydrogens is 348 g/mol. The largest absolute Gasteiger partial charge is 0.103 e. The summed E-state index contributed by atoms with van der Waals surface area (Å²) in [5.74, 6) is 2.49. The Bertz CT molecular complexity index is 789. The van der Waals surface area contributed by atoms with Crippen LogP contribution < -0.4 is 0 Å². The maximum Gasteiger partial charge on any atom is -0.0118 e. The first-order valence-electron chi connectivity index (χ1n) is 12.1. The molecule has 0 amide bonds. The molecule has 0 saturated heterocycles. The topological polar surface area (TPSA) is 0 Å². The van der Waals surface area contributed by atoms with Crippen LogP contribution in [0.25, 0.3) is 0 Å². The average Bonchev–Trinajstić information content (AvgIpc) is 2.78. The van der Waals surface area contributed by atoms with Crippen molar-refractivity contribution in [1.29, 1.82) is 0 Å². The summed E-state index contributed by atoms with van der Waals surface area (Å²) in [7, 11) is 0. The Morgan fingerprint density at radius 3 is 2.28 bits per heavy atom. The van der Waals surface area contributed by atoms with Gasteiger partial charge in [0.1, 0.15) is 0 Å². The van der Waals surface area contributed by atoms with Crippen molar-refractivity contribution in [3.63, 3.8) is 0 Å². The van der Waals surface area contributed by atoms with E-state index >= 15 is 0 Å². The van der Waals surface area contributed by atoms with E-state index < -0.39 is 0 Å². The first-order chi connectivity index (χ1) is 14.3. The highest BCUT2D eigenvalue weighted by atomic mass is 14.3. The van der Waals surface area contributed by atoms with Gasteiger partial charge in [-0.3, -0.25) is 0 Å². The van der Waals surface area contributed by atoms with Crippen LogP contribution in [0, 0.1) is 5.92 Å². The van der Waals surface area contributed by atoms with Gasteiger partial charge in [-0.25, -0.2) is 0 Å². The zero-order chi connectivity index (χ0) is 20.1. The monoisotopic (exact) mass is 386 g/mol. The Kier molecular flexibility index (Phi) is 6.90. The molecule has 154 valence electrons. The van der Waals surface area contributed by atoms with Crippen LogP contribution in [-0.2, 0) is 19.3 Å². The summed E-state index contributed by atoms with van der Waals surface area (Å²) in [6.07, 6.45) is 16.4.